The van der Waals surface area contributed by atoms with Crippen LogP contribution in [0.3, 0.4) is 0 Å². The highest BCUT2D eigenvalue weighted by atomic mass is 19.4. The summed E-state index contributed by atoms with van der Waals surface area (Å²) in [6, 6.07) is 9.80. The molecule has 0 radical (unpaired) electrons. The number of alkyl halides is 3. The zero-order chi connectivity index (χ0) is 22.2. The summed E-state index contributed by atoms with van der Waals surface area (Å²) >= 11 is 0. The highest BCUT2D eigenvalue weighted by Crippen LogP contribution is 2.44. The molecule has 1 amide bonds. The third-order valence-electron chi connectivity index (χ3n) is 5.40. The number of carbonyl (C=O) groups is 2. The van der Waals surface area contributed by atoms with Gasteiger partial charge in [-0.25, -0.2) is 9.18 Å². The SMILES string of the molecule is O=C(Nc1cccc(C2CC2NCC2CC2)c1F)c1ccccc1OC(=O)C(F)(F)F. The average Bonchev–Trinajstić information content (AvgIpc) is 3.63. The van der Waals surface area contributed by atoms with E-state index in [2.05, 4.69) is 15.4 Å². The predicted octanol–water partition coefficient (Wildman–Crippen LogP) is 4.40. The molecule has 2 atom stereocenters. The Morgan fingerprint density at radius 3 is 2.52 bits per heavy atom. The van der Waals surface area contributed by atoms with Crippen molar-refractivity contribution >= 4 is 17.6 Å². The second-order valence-electron chi connectivity index (χ2n) is 7.85. The summed E-state index contributed by atoms with van der Waals surface area (Å²) in [4.78, 5) is 23.7. The Morgan fingerprint density at radius 2 is 1.81 bits per heavy atom. The quantitative estimate of drug-likeness (QED) is 0.384. The van der Waals surface area contributed by atoms with Crippen LogP contribution in [-0.2, 0) is 4.79 Å². The van der Waals surface area contributed by atoms with Crippen molar-refractivity contribution in [2.24, 2.45) is 5.92 Å². The van der Waals surface area contributed by atoms with Crippen molar-refractivity contribution in [3.8, 4) is 5.75 Å². The largest absolute Gasteiger partial charge is 0.491 e. The Labute approximate surface area is 175 Å². The van der Waals surface area contributed by atoms with Gasteiger partial charge in [-0.3, -0.25) is 4.79 Å². The van der Waals surface area contributed by atoms with Gasteiger partial charge in [0.05, 0.1) is 11.3 Å². The fourth-order valence-electron chi connectivity index (χ4n) is 3.43. The van der Waals surface area contributed by atoms with Gasteiger partial charge in [0.2, 0.25) is 0 Å². The maximum absolute atomic E-state index is 15.0. The molecule has 2 aromatic rings. The Kier molecular flexibility index (Phi) is 5.70. The third-order valence-corrected chi connectivity index (χ3v) is 5.40. The minimum absolute atomic E-state index is 0.00984. The van der Waals surface area contributed by atoms with Crippen molar-refractivity contribution in [3.63, 3.8) is 0 Å². The van der Waals surface area contributed by atoms with Crippen LogP contribution in [0, 0.1) is 11.7 Å². The summed E-state index contributed by atoms with van der Waals surface area (Å²) in [5.41, 5.74) is 0.0653. The predicted molar refractivity (Wildman–Crippen MR) is 104 cm³/mol. The molecule has 0 heterocycles. The fraction of sp³-hybridized carbons (Fsp3) is 0.364. The van der Waals surface area contributed by atoms with Crippen LogP contribution >= 0.6 is 0 Å². The van der Waals surface area contributed by atoms with E-state index >= 15 is 4.39 Å². The van der Waals surface area contributed by atoms with E-state index in [1.54, 1.807) is 12.1 Å². The lowest BCUT2D eigenvalue weighted by Crippen LogP contribution is -2.29. The summed E-state index contributed by atoms with van der Waals surface area (Å²) in [6.07, 6.45) is -1.96. The smallest absolute Gasteiger partial charge is 0.419 e. The normalized spacial score (nSPS) is 20.3. The molecule has 2 aliphatic carbocycles. The monoisotopic (exact) mass is 436 g/mol. The number of anilines is 1. The number of esters is 1. The molecule has 5 nitrogen and oxygen atoms in total. The van der Waals surface area contributed by atoms with Crippen LogP contribution in [0.4, 0.5) is 23.2 Å². The molecule has 0 spiro atoms. The fourth-order valence-corrected chi connectivity index (χ4v) is 3.43. The standard InChI is InChI=1S/C22H20F4N2O3/c23-19-13(15-10-17(15)27-11-12-8-9-12)5-3-6-16(19)28-20(29)14-4-1-2-7-18(14)31-21(30)22(24,25)26/h1-7,12,15,17,27H,8-11H2,(H,28,29). The van der Waals surface area contributed by atoms with Crippen LogP contribution in [-0.4, -0.2) is 30.6 Å². The van der Waals surface area contributed by atoms with Gasteiger partial charge in [0.25, 0.3) is 5.91 Å². The van der Waals surface area contributed by atoms with Gasteiger partial charge < -0.3 is 15.4 Å². The maximum atomic E-state index is 15.0. The summed E-state index contributed by atoms with van der Waals surface area (Å²) in [5.74, 6) is -3.76. The zero-order valence-corrected chi connectivity index (χ0v) is 16.3. The molecule has 2 saturated carbocycles. The molecular weight excluding hydrogens is 416 g/mol. The molecule has 0 aromatic heterocycles. The molecule has 2 aromatic carbocycles. The van der Waals surface area contributed by atoms with Crippen LogP contribution < -0.4 is 15.4 Å². The highest BCUT2D eigenvalue weighted by molar-refractivity contribution is 6.06. The van der Waals surface area contributed by atoms with E-state index in [0.717, 1.165) is 19.0 Å². The minimum atomic E-state index is -5.21. The summed E-state index contributed by atoms with van der Waals surface area (Å²) in [7, 11) is 0. The first kappa shape index (κ1) is 21.3. The van der Waals surface area contributed by atoms with E-state index in [9.17, 15) is 22.8 Å². The summed E-state index contributed by atoms with van der Waals surface area (Å²) < 4.78 is 56.8. The molecule has 0 bridgehead atoms. The topological polar surface area (TPSA) is 67.4 Å². The van der Waals surface area contributed by atoms with Crippen molar-refractivity contribution in [2.75, 3.05) is 11.9 Å². The Hall–Kier alpha value is -2.94. The molecular formula is C22H20F4N2O3. The zero-order valence-electron chi connectivity index (χ0n) is 16.3. The van der Waals surface area contributed by atoms with Gasteiger partial charge in [0, 0.05) is 12.0 Å². The summed E-state index contributed by atoms with van der Waals surface area (Å²) in [5, 5.41) is 5.79. The van der Waals surface area contributed by atoms with Crippen LogP contribution in [0.15, 0.2) is 42.5 Å². The number of rotatable bonds is 7. The van der Waals surface area contributed by atoms with Gasteiger partial charge in [-0.1, -0.05) is 24.3 Å². The van der Waals surface area contributed by atoms with E-state index in [1.807, 2.05) is 0 Å². The Balaban J connectivity index is 1.46. The lowest BCUT2D eigenvalue weighted by molar-refractivity contribution is -0.189. The van der Waals surface area contributed by atoms with Crippen LogP contribution in [0.1, 0.15) is 41.1 Å². The number of nitrogens with one attached hydrogen (secondary N) is 2. The number of benzene rings is 2. The molecule has 2 N–H and O–H groups in total. The number of amides is 1. The van der Waals surface area contributed by atoms with E-state index in [0.29, 0.717) is 11.5 Å². The number of hydrogen-bond acceptors (Lipinski definition) is 4. The lowest BCUT2D eigenvalue weighted by Gasteiger charge is -2.13. The van der Waals surface area contributed by atoms with Gasteiger partial charge in [0.1, 0.15) is 11.6 Å². The van der Waals surface area contributed by atoms with Crippen molar-refractivity contribution in [2.45, 2.75) is 37.4 Å². The number of halogens is 4. The van der Waals surface area contributed by atoms with Gasteiger partial charge in [0.15, 0.2) is 0 Å². The Morgan fingerprint density at radius 1 is 1.06 bits per heavy atom. The molecule has 164 valence electrons. The first-order valence-electron chi connectivity index (χ1n) is 9.95. The van der Waals surface area contributed by atoms with E-state index in [4.69, 9.17) is 0 Å². The second kappa shape index (κ2) is 8.30. The van der Waals surface area contributed by atoms with E-state index in [1.165, 1.54) is 37.1 Å². The molecule has 0 saturated heterocycles. The lowest BCUT2D eigenvalue weighted by atomic mass is 10.1. The van der Waals surface area contributed by atoms with Crippen LogP contribution in [0.2, 0.25) is 0 Å². The van der Waals surface area contributed by atoms with Gasteiger partial charge in [-0.15, -0.1) is 0 Å². The van der Waals surface area contributed by atoms with Gasteiger partial charge >= 0.3 is 12.1 Å². The van der Waals surface area contributed by atoms with Gasteiger partial charge in [-0.2, -0.15) is 13.2 Å². The average molecular weight is 436 g/mol. The molecule has 0 aliphatic heterocycles. The number of ether oxygens (including phenoxy) is 1. The third kappa shape index (κ3) is 5.04. The number of hydrogen-bond donors (Lipinski definition) is 2. The van der Waals surface area contributed by atoms with E-state index in [-0.39, 0.29) is 23.2 Å². The van der Waals surface area contributed by atoms with Crippen LogP contribution in [0.5, 0.6) is 5.75 Å². The molecule has 2 unspecified atom stereocenters. The molecule has 2 fully saturated rings. The highest BCUT2D eigenvalue weighted by Gasteiger charge is 2.42. The van der Waals surface area contributed by atoms with Crippen molar-refractivity contribution < 1.29 is 31.9 Å². The van der Waals surface area contributed by atoms with Crippen molar-refractivity contribution in [3.05, 3.63) is 59.4 Å². The molecule has 2 aliphatic rings. The maximum Gasteiger partial charge on any atom is 0.491 e. The summed E-state index contributed by atoms with van der Waals surface area (Å²) in [6.45, 7) is 0.923. The van der Waals surface area contributed by atoms with E-state index < -0.39 is 29.6 Å². The Bertz CT molecular complexity index is 1000. The van der Waals surface area contributed by atoms with Gasteiger partial charge in [-0.05, 0) is 55.5 Å². The first-order valence-corrected chi connectivity index (χ1v) is 9.95. The second-order valence-corrected chi connectivity index (χ2v) is 7.85. The molecule has 31 heavy (non-hydrogen) atoms. The number of para-hydroxylation sites is 1. The minimum Gasteiger partial charge on any atom is -0.419 e. The molecule has 9 heteroatoms. The van der Waals surface area contributed by atoms with Crippen LogP contribution in [0.25, 0.3) is 0 Å². The molecule has 4 rings (SSSR count). The van der Waals surface area contributed by atoms with Crippen molar-refractivity contribution in [1.82, 2.24) is 5.32 Å². The van der Waals surface area contributed by atoms with Crippen molar-refractivity contribution in [1.29, 1.82) is 0 Å². The first-order chi connectivity index (χ1) is 14.7. The number of carbonyl (C=O) groups excluding carboxylic acids is 2.